The lowest BCUT2D eigenvalue weighted by molar-refractivity contribution is -0.129. The summed E-state index contributed by atoms with van der Waals surface area (Å²) in [6.07, 6.45) is 2.52. The quantitative estimate of drug-likeness (QED) is 0.937. The normalized spacial score (nSPS) is 16.9. The molecule has 1 aliphatic heterocycles. The van der Waals surface area contributed by atoms with Crippen LogP contribution in [-0.4, -0.2) is 41.3 Å². The number of aryl methyl sites for hydroxylation is 1. The van der Waals surface area contributed by atoms with E-state index >= 15 is 0 Å². The molecule has 1 atom stereocenters. The summed E-state index contributed by atoms with van der Waals surface area (Å²) in [6.45, 7) is 3.56. The lowest BCUT2D eigenvalue weighted by Crippen LogP contribution is -2.39. The van der Waals surface area contributed by atoms with Crippen LogP contribution in [0, 0.1) is 6.92 Å². The van der Waals surface area contributed by atoms with E-state index in [4.69, 9.17) is 0 Å². The predicted octanol–water partition coefficient (Wildman–Crippen LogP) is 2.14. The Morgan fingerprint density at radius 2 is 2.00 bits per heavy atom. The van der Waals surface area contributed by atoms with Crippen LogP contribution in [0.2, 0.25) is 0 Å². The maximum absolute atomic E-state index is 12.3. The van der Waals surface area contributed by atoms with E-state index < -0.39 is 0 Å². The lowest BCUT2D eigenvalue weighted by Gasteiger charge is -2.18. The van der Waals surface area contributed by atoms with Gasteiger partial charge in [-0.05, 0) is 36.6 Å². The molecule has 3 rings (SSSR count). The highest BCUT2D eigenvalue weighted by molar-refractivity contribution is 5.94. The molecule has 0 bridgehead atoms. The Morgan fingerprint density at radius 1 is 1.21 bits per heavy atom. The average molecular weight is 323 g/mol. The molecular weight excluding hydrogens is 302 g/mol. The number of benzene rings is 1. The second-order valence-corrected chi connectivity index (χ2v) is 6.08. The minimum Gasteiger partial charge on any atom is -0.342 e. The molecule has 0 radical (unpaired) electrons. The number of nitrogens with one attached hydrogen (secondary N) is 1. The van der Waals surface area contributed by atoms with Crippen LogP contribution in [0.25, 0.3) is 0 Å². The van der Waals surface area contributed by atoms with Gasteiger partial charge in [-0.1, -0.05) is 30.3 Å². The van der Waals surface area contributed by atoms with Crippen molar-refractivity contribution in [2.75, 3.05) is 19.6 Å². The zero-order valence-electron chi connectivity index (χ0n) is 13.7. The van der Waals surface area contributed by atoms with Crippen molar-refractivity contribution < 1.29 is 9.59 Å². The first-order valence-corrected chi connectivity index (χ1v) is 8.17. The van der Waals surface area contributed by atoms with Gasteiger partial charge in [0.2, 0.25) is 5.91 Å². The number of carbonyl (C=O) groups is 2. The van der Waals surface area contributed by atoms with Crippen molar-refractivity contribution in [2.24, 2.45) is 0 Å². The third-order valence-electron chi connectivity index (χ3n) is 4.47. The number of likely N-dealkylation sites (tertiary alicyclic amines) is 1. The van der Waals surface area contributed by atoms with Crippen molar-refractivity contribution in [2.45, 2.75) is 19.3 Å². The minimum absolute atomic E-state index is 0.00982. The van der Waals surface area contributed by atoms with Crippen molar-refractivity contribution in [3.63, 3.8) is 0 Å². The Hall–Kier alpha value is -2.69. The number of amides is 2. The fourth-order valence-corrected chi connectivity index (χ4v) is 3.14. The van der Waals surface area contributed by atoms with Crippen molar-refractivity contribution in [1.82, 2.24) is 15.2 Å². The summed E-state index contributed by atoms with van der Waals surface area (Å²) in [6, 6.07) is 13.4. The van der Waals surface area contributed by atoms with E-state index in [2.05, 4.69) is 29.4 Å². The fourth-order valence-electron chi connectivity index (χ4n) is 3.14. The maximum Gasteiger partial charge on any atom is 0.270 e. The van der Waals surface area contributed by atoms with Crippen LogP contribution in [0.4, 0.5) is 0 Å². The summed E-state index contributed by atoms with van der Waals surface area (Å²) in [5, 5.41) is 2.65. The Morgan fingerprint density at radius 3 is 2.75 bits per heavy atom. The van der Waals surface area contributed by atoms with Gasteiger partial charge in [-0.2, -0.15) is 0 Å². The van der Waals surface area contributed by atoms with Gasteiger partial charge in [0.1, 0.15) is 5.69 Å². The first kappa shape index (κ1) is 16.2. The number of hydrogen-bond donors (Lipinski definition) is 1. The Kier molecular flexibility index (Phi) is 4.89. The molecule has 0 aliphatic carbocycles. The molecule has 1 saturated heterocycles. The molecule has 1 aromatic heterocycles. The fraction of sp³-hybridized carbons (Fsp3) is 0.316. The lowest BCUT2D eigenvalue weighted by atomic mass is 9.94. The first-order chi connectivity index (χ1) is 11.6. The van der Waals surface area contributed by atoms with Gasteiger partial charge in [0.25, 0.3) is 5.91 Å². The molecule has 2 aromatic rings. The first-order valence-electron chi connectivity index (χ1n) is 8.17. The van der Waals surface area contributed by atoms with Gasteiger partial charge in [0.15, 0.2) is 0 Å². The summed E-state index contributed by atoms with van der Waals surface area (Å²) in [7, 11) is 0. The molecule has 0 saturated carbocycles. The molecular formula is C19H21N3O2. The molecule has 0 spiro atoms. The van der Waals surface area contributed by atoms with Crippen LogP contribution >= 0.6 is 0 Å². The van der Waals surface area contributed by atoms with Crippen LogP contribution in [0.15, 0.2) is 48.7 Å². The van der Waals surface area contributed by atoms with Gasteiger partial charge in [-0.3, -0.25) is 14.6 Å². The monoisotopic (exact) mass is 323 g/mol. The van der Waals surface area contributed by atoms with Crippen molar-refractivity contribution in [3.05, 3.63) is 65.5 Å². The number of rotatable bonds is 4. The second-order valence-electron chi connectivity index (χ2n) is 6.08. The largest absolute Gasteiger partial charge is 0.342 e. The van der Waals surface area contributed by atoms with E-state index in [1.54, 1.807) is 24.4 Å². The van der Waals surface area contributed by atoms with Crippen LogP contribution in [0.3, 0.4) is 0 Å². The number of nitrogens with zero attached hydrogens (tertiary/aromatic N) is 2. The molecule has 5 heteroatoms. The molecule has 1 aliphatic rings. The molecule has 1 fully saturated rings. The van der Waals surface area contributed by atoms with Gasteiger partial charge < -0.3 is 10.2 Å². The SMILES string of the molecule is Cc1ccccc1[C@H]1CCN(C(=O)CNC(=O)c2ccccn2)C1. The predicted molar refractivity (Wildman–Crippen MR) is 91.7 cm³/mol. The summed E-state index contributed by atoms with van der Waals surface area (Å²) in [5.74, 6) is 0.00982. The molecule has 5 nitrogen and oxygen atoms in total. The average Bonchev–Trinajstić information content (AvgIpc) is 3.10. The molecule has 124 valence electrons. The van der Waals surface area contributed by atoms with Crippen LogP contribution in [-0.2, 0) is 4.79 Å². The summed E-state index contributed by atoms with van der Waals surface area (Å²) < 4.78 is 0. The molecule has 24 heavy (non-hydrogen) atoms. The van der Waals surface area contributed by atoms with E-state index in [-0.39, 0.29) is 18.4 Å². The zero-order valence-corrected chi connectivity index (χ0v) is 13.7. The topological polar surface area (TPSA) is 62.3 Å². The van der Waals surface area contributed by atoms with Crippen LogP contribution in [0.5, 0.6) is 0 Å². The van der Waals surface area contributed by atoms with E-state index in [9.17, 15) is 9.59 Å². The highest BCUT2D eigenvalue weighted by atomic mass is 16.2. The van der Waals surface area contributed by atoms with E-state index in [1.165, 1.54) is 11.1 Å². The third-order valence-corrected chi connectivity index (χ3v) is 4.47. The van der Waals surface area contributed by atoms with E-state index in [0.717, 1.165) is 13.0 Å². The minimum atomic E-state index is -0.321. The highest BCUT2D eigenvalue weighted by Gasteiger charge is 2.28. The van der Waals surface area contributed by atoms with Gasteiger partial charge >= 0.3 is 0 Å². The van der Waals surface area contributed by atoms with Gasteiger partial charge in [0, 0.05) is 25.2 Å². The highest BCUT2D eigenvalue weighted by Crippen LogP contribution is 2.29. The zero-order chi connectivity index (χ0) is 16.9. The number of carbonyl (C=O) groups excluding carboxylic acids is 2. The van der Waals surface area contributed by atoms with Gasteiger partial charge in [-0.15, -0.1) is 0 Å². The maximum atomic E-state index is 12.3. The van der Waals surface area contributed by atoms with Crippen molar-refractivity contribution in [1.29, 1.82) is 0 Å². The second kappa shape index (κ2) is 7.25. The smallest absolute Gasteiger partial charge is 0.270 e. The molecule has 1 N–H and O–H groups in total. The molecule has 1 aromatic carbocycles. The van der Waals surface area contributed by atoms with Gasteiger partial charge in [-0.25, -0.2) is 0 Å². The standard InChI is InChI=1S/C19H21N3O2/c1-14-6-2-3-7-16(14)15-9-11-22(13-15)18(23)12-21-19(24)17-8-4-5-10-20-17/h2-8,10,15H,9,11-13H2,1H3,(H,21,24)/t15-/m0/s1. The molecule has 2 heterocycles. The summed E-state index contributed by atoms with van der Waals surface area (Å²) in [4.78, 5) is 30.1. The Balaban J connectivity index is 1.54. The van der Waals surface area contributed by atoms with Crippen molar-refractivity contribution in [3.8, 4) is 0 Å². The third kappa shape index (κ3) is 3.62. The van der Waals surface area contributed by atoms with Crippen LogP contribution < -0.4 is 5.32 Å². The number of aromatic nitrogens is 1. The summed E-state index contributed by atoms with van der Waals surface area (Å²) in [5.41, 5.74) is 2.90. The van der Waals surface area contributed by atoms with Crippen molar-refractivity contribution >= 4 is 11.8 Å². The molecule has 0 unspecified atom stereocenters. The number of pyridine rings is 1. The van der Waals surface area contributed by atoms with E-state index in [1.807, 2.05) is 17.0 Å². The Bertz CT molecular complexity index is 730. The molecule has 2 amide bonds. The van der Waals surface area contributed by atoms with Gasteiger partial charge in [0.05, 0.1) is 6.54 Å². The number of hydrogen-bond acceptors (Lipinski definition) is 3. The van der Waals surface area contributed by atoms with E-state index in [0.29, 0.717) is 18.2 Å². The summed E-state index contributed by atoms with van der Waals surface area (Å²) >= 11 is 0. The Labute approximate surface area is 141 Å². The van der Waals surface area contributed by atoms with Crippen LogP contribution in [0.1, 0.15) is 34.0 Å².